The van der Waals surface area contributed by atoms with E-state index in [0.717, 1.165) is 23.4 Å². The largest absolute Gasteiger partial charge is 0.354 e. The molecule has 1 heterocycles. The summed E-state index contributed by atoms with van der Waals surface area (Å²) in [4.78, 5) is 37.4. The van der Waals surface area contributed by atoms with E-state index in [1.54, 1.807) is 38.4 Å². The average Bonchev–Trinajstić information content (AvgIpc) is 2.99. The Hall–Kier alpha value is -4.73. The lowest BCUT2D eigenvalue weighted by Crippen LogP contribution is -2.45. The number of hydrogen-bond acceptors (Lipinski definition) is 7. The number of nitrogens with zero attached hydrogens (tertiary/aromatic N) is 5. The van der Waals surface area contributed by atoms with Gasteiger partial charge in [-0.3, -0.25) is 9.59 Å². The molecular formula is C32H37N7O2. The van der Waals surface area contributed by atoms with Crippen LogP contribution in [0.15, 0.2) is 66.9 Å². The van der Waals surface area contributed by atoms with Crippen LogP contribution in [0.4, 0.5) is 11.6 Å². The standard InChI is InChI=1S/C32H37N7O2/c1-24(39(4)29(40)15-11-21-38(2)3)31(41)34-20-10-6-9-14-27-23-35-32(36-28-18-16-25(22-33)17-19-28)37-30(27)26-12-7-5-8-13-26/h5,7-8,11-12,15-19,23-24,26H,6,10,13,20-21H2,1-4H3,(H,34,41)(H,35,36,37)/b15-11+/t24-,26?/m0/s1. The van der Waals surface area contributed by atoms with Gasteiger partial charge in [-0.15, -0.1) is 0 Å². The third kappa shape index (κ3) is 9.75. The number of nitrogens with one attached hydrogen (secondary N) is 2. The van der Waals surface area contributed by atoms with Gasteiger partial charge in [0.05, 0.1) is 22.9 Å². The number of carbonyl (C=O) groups is 2. The Labute approximate surface area is 242 Å². The van der Waals surface area contributed by atoms with E-state index in [1.165, 1.54) is 11.0 Å². The van der Waals surface area contributed by atoms with Crippen molar-refractivity contribution in [3.05, 3.63) is 83.7 Å². The number of likely N-dealkylation sites (N-methyl/N-ethyl adjacent to an activating group) is 2. The van der Waals surface area contributed by atoms with E-state index in [4.69, 9.17) is 10.2 Å². The van der Waals surface area contributed by atoms with Crippen LogP contribution in [-0.4, -0.2) is 71.9 Å². The maximum atomic E-state index is 12.5. The summed E-state index contributed by atoms with van der Waals surface area (Å²) in [6.45, 7) is 2.83. The van der Waals surface area contributed by atoms with Gasteiger partial charge in [0.15, 0.2) is 0 Å². The van der Waals surface area contributed by atoms with E-state index >= 15 is 0 Å². The third-order valence-electron chi connectivity index (χ3n) is 6.46. The Kier molecular flexibility index (Phi) is 11.8. The number of aromatic nitrogens is 2. The zero-order valence-electron chi connectivity index (χ0n) is 24.1. The van der Waals surface area contributed by atoms with Crippen molar-refractivity contribution in [2.24, 2.45) is 0 Å². The minimum absolute atomic E-state index is 0.0898. The Bertz CT molecular complexity index is 1390. The van der Waals surface area contributed by atoms with Crippen LogP contribution < -0.4 is 10.6 Å². The molecule has 0 fully saturated rings. The Morgan fingerprint density at radius 2 is 1.98 bits per heavy atom. The van der Waals surface area contributed by atoms with Crippen LogP contribution in [0.5, 0.6) is 0 Å². The number of anilines is 2. The molecule has 1 aliphatic rings. The monoisotopic (exact) mass is 551 g/mol. The molecule has 1 unspecified atom stereocenters. The summed E-state index contributed by atoms with van der Waals surface area (Å²) in [5, 5.41) is 15.1. The zero-order valence-corrected chi connectivity index (χ0v) is 24.1. The number of unbranched alkanes of at least 4 members (excludes halogenated alkanes) is 1. The van der Waals surface area contributed by atoms with Gasteiger partial charge in [-0.2, -0.15) is 5.26 Å². The second-order valence-electron chi connectivity index (χ2n) is 9.95. The predicted molar refractivity (Wildman–Crippen MR) is 161 cm³/mol. The first-order chi connectivity index (χ1) is 19.8. The summed E-state index contributed by atoms with van der Waals surface area (Å²) in [7, 11) is 5.47. The van der Waals surface area contributed by atoms with E-state index in [9.17, 15) is 9.59 Å². The third-order valence-corrected chi connectivity index (χ3v) is 6.46. The molecule has 2 amide bonds. The number of amides is 2. The van der Waals surface area contributed by atoms with Gasteiger partial charge in [0, 0.05) is 50.4 Å². The predicted octanol–water partition coefficient (Wildman–Crippen LogP) is 3.90. The molecular weight excluding hydrogens is 514 g/mol. The highest BCUT2D eigenvalue weighted by Crippen LogP contribution is 2.27. The van der Waals surface area contributed by atoms with E-state index in [-0.39, 0.29) is 17.7 Å². The zero-order chi connectivity index (χ0) is 29.6. The van der Waals surface area contributed by atoms with Crippen molar-refractivity contribution in [1.82, 2.24) is 25.1 Å². The number of benzene rings is 1. The van der Waals surface area contributed by atoms with Crippen molar-refractivity contribution in [3.8, 4) is 17.9 Å². The fourth-order valence-corrected chi connectivity index (χ4v) is 3.92. The SMILES string of the molecule is C[C@@H](C(=O)NCCCC#Cc1cnc(Nc2ccc(C#N)cc2)nc1C1C=CC=CC1)N(C)C(=O)/C=C/CN(C)C. The van der Waals surface area contributed by atoms with E-state index < -0.39 is 6.04 Å². The maximum absolute atomic E-state index is 12.5. The second-order valence-corrected chi connectivity index (χ2v) is 9.95. The van der Waals surface area contributed by atoms with E-state index in [2.05, 4.69) is 45.7 Å². The summed E-state index contributed by atoms with van der Waals surface area (Å²) < 4.78 is 0. The van der Waals surface area contributed by atoms with Gasteiger partial charge in [-0.1, -0.05) is 42.2 Å². The van der Waals surface area contributed by atoms with E-state index in [0.29, 0.717) is 37.4 Å². The molecule has 2 atom stereocenters. The smallest absolute Gasteiger partial charge is 0.246 e. The first-order valence-electron chi connectivity index (χ1n) is 13.6. The summed E-state index contributed by atoms with van der Waals surface area (Å²) in [6.07, 6.45) is 15.3. The van der Waals surface area contributed by atoms with Gasteiger partial charge >= 0.3 is 0 Å². The molecule has 212 valence electrons. The Morgan fingerprint density at radius 1 is 1.20 bits per heavy atom. The van der Waals surface area contributed by atoms with Crippen molar-refractivity contribution < 1.29 is 9.59 Å². The lowest BCUT2D eigenvalue weighted by molar-refractivity contribution is -0.135. The van der Waals surface area contributed by atoms with Crippen LogP contribution >= 0.6 is 0 Å². The maximum Gasteiger partial charge on any atom is 0.246 e. The highest BCUT2D eigenvalue weighted by Gasteiger charge is 2.20. The lowest BCUT2D eigenvalue weighted by Gasteiger charge is -2.23. The van der Waals surface area contributed by atoms with Crippen molar-refractivity contribution in [2.45, 2.75) is 38.1 Å². The number of hydrogen-bond donors (Lipinski definition) is 2. The molecule has 41 heavy (non-hydrogen) atoms. The summed E-state index contributed by atoms with van der Waals surface area (Å²) in [5.41, 5.74) is 2.99. The molecule has 0 saturated heterocycles. The normalized spacial score (nSPS) is 14.7. The quantitative estimate of drug-likeness (QED) is 0.247. The molecule has 2 N–H and O–H groups in total. The molecule has 1 aromatic heterocycles. The highest BCUT2D eigenvalue weighted by molar-refractivity contribution is 5.92. The fraction of sp³-hybridized carbons (Fsp3) is 0.344. The molecule has 3 rings (SSSR count). The van der Waals surface area contributed by atoms with Gasteiger partial charge in [0.2, 0.25) is 17.8 Å². The molecule has 0 radical (unpaired) electrons. The number of carbonyl (C=O) groups excluding carboxylic acids is 2. The summed E-state index contributed by atoms with van der Waals surface area (Å²) in [6, 6.07) is 8.65. The Balaban J connectivity index is 1.56. The van der Waals surface area contributed by atoms with Crippen molar-refractivity contribution >= 4 is 23.5 Å². The summed E-state index contributed by atoms with van der Waals surface area (Å²) in [5.74, 6) is 6.55. The van der Waals surface area contributed by atoms with Crippen molar-refractivity contribution in [2.75, 3.05) is 39.5 Å². The number of rotatable bonds is 11. The molecule has 9 nitrogen and oxygen atoms in total. The van der Waals surface area contributed by atoms with Crippen LogP contribution in [0, 0.1) is 23.2 Å². The molecule has 0 bridgehead atoms. The topological polar surface area (TPSA) is 114 Å². The minimum atomic E-state index is -0.577. The molecule has 0 spiro atoms. The van der Waals surface area contributed by atoms with Crippen molar-refractivity contribution in [3.63, 3.8) is 0 Å². The molecule has 1 aliphatic carbocycles. The van der Waals surface area contributed by atoms with Crippen LogP contribution in [0.25, 0.3) is 0 Å². The average molecular weight is 552 g/mol. The Morgan fingerprint density at radius 3 is 2.66 bits per heavy atom. The van der Waals surface area contributed by atoms with Gasteiger partial charge in [0.25, 0.3) is 0 Å². The summed E-state index contributed by atoms with van der Waals surface area (Å²) >= 11 is 0. The molecule has 9 heteroatoms. The van der Waals surface area contributed by atoms with Crippen LogP contribution in [-0.2, 0) is 9.59 Å². The molecule has 0 aliphatic heterocycles. The molecule has 2 aromatic rings. The van der Waals surface area contributed by atoms with Crippen LogP contribution in [0.3, 0.4) is 0 Å². The van der Waals surface area contributed by atoms with Gasteiger partial charge in [-0.25, -0.2) is 9.97 Å². The number of nitriles is 1. The minimum Gasteiger partial charge on any atom is -0.354 e. The van der Waals surface area contributed by atoms with E-state index in [1.807, 2.05) is 43.3 Å². The highest BCUT2D eigenvalue weighted by atomic mass is 16.2. The van der Waals surface area contributed by atoms with Crippen LogP contribution in [0.1, 0.15) is 48.9 Å². The number of allylic oxidation sites excluding steroid dienone is 4. The lowest BCUT2D eigenvalue weighted by atomic mass is 9.94. The van der Waals surface area contributed by atoms with Crippen LogP contribution in [0.2, 0.25) is 0 Å². The first kappa shape index (κ1) is 30.8. The molecule has 0 saturated carbocycles. The van der Waals surface area contributed by atoms with Gasteiger partial charge < -0.3 is 20.4 Å². The second kappa shape index (κ2) is 15.8. The van der Waals surface area contributed by atoms with Crippen molar-refractivity contribution in [1.29, 1.82) is 5.26 Å². The van der Waals surface area contributed by atoms with Gasteiger partial charge in [0.1, 0.15) is 6.04 Å². The fourth-order valence-electron chi connectivity index (χ4n) is 3.92. The molecule has 1 aromatic carbocycles. The van der Waals surface area contributed by atoms with Gasteiger partial charge in [-0.05, 0) is 58.1 Å². The first-order valence-corrected chi connectivity index (χ1v) is 13.6.